The number of thiocarbonyl (C=S) groups is 1. The van der Waals surface area contributed by atoms with Crippen LogP contribution in [0.4, 0.5) is 11.4 Å². The van der Waals surface area contributed by atoms with Crippen molar-refractivity contribution in [2.45, 2.75) is 26.7 Å². The van der Waals surface area contributed by atoms with E-state index in [1.165, 1.54) is 0 Å². The van der Waals surface area contributed by atoms with Gasteiger partial charge in [0.2, 0.25) is 5.91 Å². The van der Waals surface area contributed by atoms with E-state index in [1.54, 1.807) is 36.4 Å². The van der Waals surface area contributed by atoms with Crippen LogP contribution in [-0.4, -0.2) is 16.9 Å². The van der Waals surface area contributed by atoms with Crippen molar-refractivity contribution < 1.29 is 9.59 Å². The van der Waals surface area contributed by atoms with Gasteiger partial charge in [-0.25, -0.2) is 0 Å². The zero-order valence-corrected chi connectivity index (χ0v) is 15.1. The Balaban J connectivity index is 1.94. The molecule has 5 nitrogen and oxygen atoms in total. The highest BCUT2D eigenvalue weighted by atomic mass is 32.1. The van der Waals surface area contributed by atoms with Crippen molar-refractivity contribution in [3.63, 3.8) is 0 Å². The summed E-state index contributed by atoms with van der Waals surface area (Å²) in [6.45, 7) is 3.91. The summed E-state index contributed by atoms with van der Waals surface area (Å²) in [6, 6.07) is 14.4. The van der Waals surface area contributed by atoms with Crippen LogP contribution in [0, 0.1) is 6.92 Å². The highest BCUT2D eigenvalue weighted by Crippen LogP contribution is 2.15. The smallest absolute Gasteiger partial charge is 0.257 e. The minimum absolute atomic E-state index is 0.0325. The van der Waals surface area contributed by atoms with Crippen LogP contribution in [0.15, 0.2) is 48.5 Å². The van der Waals surface area contributed by atoms with Gasteiger partial charge in [0.1, 0.15) is 0 Å². The van der Waals surface area contributed by atoms with Gasteiger partial charge in [-0.2, -0.15) is 0 Å². The fourth-order valence-corrected chi connectivity index (χ4v) is 2.38. The zero-order chi connectivity index (χ0) is 18.2. The molecule has 0 unspecified atom stereocenters. The van der Waals surface area contributed by atoms with Crippen LogP contribution in [-0.2, 0) is 4.79 Å². The molecular formula is C19H21N3O2S. The topological polar surface area (TPSA) is 70.2 Å². The molecule has 0 saturated carbocycles. The molecule has 130 valence electrons. The van der Waals surface area contributed by atoms with Crippen molar-refractivity contribution in [2.75, 3.05) is 10.6 Å². The van der Waals surface area contributed by atoms with Crippen molar-refractivity contribution in [1.29, 1.82) is 0 Å². The first-order valence-corrected chi connectivity index (χ1v) is 8.47. The first-order valence-electron chi connectivity index (χ1n) is 8.07. The molecule has 0 spiro atoms. The van der Waals surface area contributed by atoms with Crippen LogP contribution in [0.25, 0.3) is 0 Å². The minimum atomic E-state index is -0.273. The maximum Gasteiger partial charge on any atom is 0.257 e. The Bertz CT molecular complexity index is 772. The Morgan fingerprint density at radius 1 is 1.00 bits per heavy atom. The van der Waals surface area contributed by atoms with Crippen molar-refractivity contribution in [3.05, 3.63) is 59.7 Å². The molecule has 25 heavy (non-hydrogen) atoms. The zero-order valence-electron chi connectivity index (χ0n) is 14.3. The van der Waals surface area contributed by atoms with Crippen LogP contribution >= 0.6 is 12.2 Å². The largest absolute Gasteiger partial charge is 0.332 e. The molecule has 2 amide bonds. The molecule has 3 N–H and O–H groups in total. The number of carbonyl (C=O) groups is 2. The number of benzene rings is 2. The van der Waals surface area contributed by atoms with Crippen molar-refractivity contribution >= 4 is 40.5 Å². The molecular weight excluding hydrogens is 334 g/mol. The van der Waals surface area contributed by atoms with Crippen molar-refractivity contribution in [2.24, 2.45) is 0 Å². The number of anilines is 2. The average Bonchev–Trinajstić information content (AvgIpc) is 2.55. The van der Waals surface area contributed by atoms with Gasteiger partial charge in [0.05, 0.1) is 0 Å². The van der Waals surface area contributed by atoms with E-state index in [9.17, 15) is 9.59 Å². The maximum atomic E-state index is 12.1. The second-order valence-corrected chi connectivity index (χ2v) is 6.06. The van der Waals surface area contributed by atoms with E-state index in [4.69, 9.17) is 12.2 Å². The lowest BCUT2D eigenvalue weighted by Crippen LogP contribution is -2.34. The molecule has 2 aromatic carbocycles. The van der Waals surface area contributed by atoms with Crippen LogP contribution < -0.4 is 16.0 Å². The van der Waals surface area contributed by atoms with Gasteiger partial charge in [-0.3, -0.25) is 14.9 Å². The van der Waals surface area contributed by atoms with Gasteiger partial charge in [-0.1, -0.05) is 30.7 Å². The van der Waals surface area contributed by atoms with E-state index in [0.29, 0.717) is 23.4 Å². The lowest BCUT2D eigenvalue weighted by atomic mass is 10.1. The van der Waals surface area contributed by atoms with Gasteiger partial charge >= 0.3 is 0 Å². The SMILES string of the molecule is CCCC(=O)Nc1cccc(NC(=S)NC(=O)c2ccc(C)cc2)c1. The van der Waals surface area contributed by atoms with E-state index >= 15 is 0 Å². The fourth-order valence-electron chi connectivity index (χ4n) is 2.17. The molecule has 0 bridgehead atoms. The number of hydrogen-bond acceptors (Lipinski definition) is 3. The molecule has 0 aliphatic heterocycles. The molecule has 0 radical (unpaired) electrons. The normalized spacial score (nSPS) is 10.0. The number of aryl methyl sites for hydroxylation is 1. The van der Waals surface area contributed by atoms with E-state index in [-0.39, 0.29) is 16.9 Å². The summed E-state index contributed by atoms with van der Waals surface area (Å²) in [5.74, 6) is -0.306. The third-order valence-electron chi connectivity index (χ3n) is 3.42. The molecule has 2 rings (SSSR count). The molecule has 0 fully saturated rings. The summed E-state index contributed by atoms with van der Waals surface area (Å²) in [4.78, 5) is 23.8. The van der Waals surface area contributed by atoms with E-state index in [0.717, 1.165) is 12.0 Å². The summed E-state index contributed by atoms with van der Waals surface area (Å²) < 4.78 is 0. The fraction of sp³-hybridized carbons (Fsp3) is 0.211. The van der Waals surface area contributed by atoms with Crippen LogP contribution in [0.5, 0.6) is 0 Å². The van der Waals surface area contributed by atoms with Crippen LogP contribution in [0.3, 0.4) is 0 Å². The molecule has 0 saturated heterocycles. The minimum Gasteiger partial charge on any atom is -0.332 e. The van der Waals surface area contributed by atoms with E-state index < -0.39 is 0 Å². The molecule has 0 aromatic heterocycles. The summed E-state index contributed by atoms with van der Waals surface area (Å²) in [7, 11) is 0. The first kappa shape index (κ1) is 18.6. The molecule has 0 atom stereocenters. The predicted octanol–water partition coefficient (Wildman–Crippen LogP) is 3.86. The van der Waals surface area contributed by atoms with E-state index in [2.05, 4.69) is 16.0 Å². The molecule has 0 heterocycles. The van der Waals surface area contributed by atoms with Gasteiger partial charge in [0, 0.05) is 23.4 Å². The highest BCUT2D eigenvalue weighted by Gasteiger charge is 2.08. The third kappa shape index (κ3) is 6.00. The van der Waals surface area contributed by atoms with E-state index in [1.807, 2.05) is 26.0 Å². The number of nitrogens with one attached hydrogen (secondary N) is 3. The van der Waals surface area contributed by atoms with Crippen LogP contribution in [0.1, 0.15) is 35.7 Å². The Morgan fingerprint density at radius 2 is 1.64 bits per heavy atom. The Morgan fingerprint density at radius 3 is 2.28 bits per heavy atom. The first-order chi connectivity index (χ1) is 12.0. The summed E-state index contributed by atoms with van der Waals surface area (Å²) in [5, 5.41) is 8.60. The van der Waals surface area contributed by atoms with Crippen molar-refractivity contribution in [1.82, 2.24) is 5.32 Å². The summed E-state index contributed by atoms with van der Waals surface area (Å²) in [6.07, 6.45) is 1.27. The lowest BCUT2D eigenvalue weighted by Gasteiger charge is -2.11. The maximum absolute atomic E-state index is 12.1. The number of rotatable bonds is 5. The second-order valence-electron chi connectivity index (χ2n) is 5.65. The Labute approximate surface area is 152 Å². The van der Waals surface area contributed by atoms with Gasteiger partial charge in [-0.15, -0.1) is 0 Å². The monoisotopic (exact) mass is 355 g/mol. The Hall–Kier alpha value is -2.73. The van der Waals surface area contributed by atoms with Gasteiger partial charge < -0.3 is 10.6 Å². The molecule has 2 aromatic rings. The summed E-state index contributed by atoms with van der Waals surface area (Å²) >= 11 is 5.18. The number of amides is 2. The van der Waals surface area contributed by atoms with Crippen molar-refractivity contribution in [3.8, 4) is 0 Å². The molecule has 0 aliphatic rings. The van der Waals surface area contributed by atoms with Gasteiger partial charge in [-0.05, 0) is 55.9 Å². The Kier molecular flexibility index (Phi) is 6.65. The third-order valence-corrected chi connectivity index (χ3v) is 3.63. The summed E-state index contributed by atoms with van der Waals surface area (Å²) in [5.41, 5.74) is 2.98. The highest BCUT2D eigenvalue weighted by molar-refractivity contribution is 7.80. The predicted molar refractivity (Wildman–Crippen MR) is 105 cm³/mol. The average molecular weight is 355 g/mol. The second kappa shape index (κ2) is 8.94. The lowest BCUT2D eigenvalue weighted by molar-refractivity contribution is -0.116. The van der Waals surface area contributed by atoms with Crippen LogP contribution in [0.2, 0.25) is 0 Å². The quantitative estimate of drug-likeness (QED) is 0.712. The number of carbonyl (C=O) groups excluding carboxylic acids is 2. The number of hydrogen-bond donors (Lipinski definition) is 3. The molecule has 0 aliphatic carbocycles. The molecule has 6 heteroatoms. The van der Waals surface area contributed by atoms with Gasteiger partial charge in [0.25, 0.3) is 5.91 Å². The van der Waals surface area contributed by atoms with Gasteiger partial charge in [0.15, 0.2) is 5.11 Å². The standard InChI is InChI=1S/C19H21N3O2S/c1-3-5-17(23)20-15-6-4-7-16(12-15)21-19(25)22-18(24)14-10-8-13(2)9-11-14/h4,6-12H,3,5H2,1-2H3,(H,20,23)(H2,21,22,24,25).